The summed E-state index contributed by atoms with van der Waals surface area (Å²) in [5.74, 6) is 0.348. The summed E-state index contributed by atoms with van der Waals surface area (Å²) in [5.41, 5.74) is 1.46. The minimum Gasteiger partial charge on any atom is -0.368 e. The van der Waals surface area contributed by atoms with E-state index in [2.05, 4.69) is 46.1 Å². The number of hydrogen-bond acceptors (Lipinski definition) is 6. The zero-order chi connectivity index (χ0) is 22.7. The second-order valence-corrected chi connectivity index (χ2v) is 9.48. The van der Waals surface area contributed by atoms with Crippen LogP contribution in [-0.2, 0) is 12.0 Å². The minimum absolute atomic E-state index is 0.0702. The number of benzene rings is 1. The van der Waals surface area contributed by atoms with Gasteiger partial charge in [-0.2, -0.15) is 5.10 Å². The van der Waals surface area contributed by atoms with Crippen LogP contribution >= 0.6 is 0 Å². The van der Waals surface area contributed by atoms with Gasteiger partial charge in [-0.15, -0.1) is 0 Å². The summed E-state index contributed by atoms with van der Waals surface area (Å²) in [7, 11) is 0. The van der Waals surface area contributed by atoms with Crippen molar-refractivity contribution in [1.82, 2.24) is 24.6 Å². The normalized spacial score (nSPS) is 17.6. The molecule has 1 aromatic carbocycles. The average molecular weight is 439 g/mol. The molecule has 0 bridgehead atoms. The molecule has 32 heavy (non-hydrogen) atoms. The zero-order valence-electron chi connectivity index (χ0n) is 19.0. The standard InChI is InChI=1S/C24H31FN6O/c1-24(2,3)21-9-10-22(32)31(29-21)13-12-30-11-5-4-6-18(30)15-26-23-19-14-17(25)7-8-20(19)27-16-28-23/h7-10,14,16,18H,4-6,11-13,15H2,1-3H3,(H,26,27,28). The van der Waals surface area contributed by atoms with Crippen molar-refractivity contribution in [2.75, 3.05) is 25.0 Å². The molecule has 8 heteroatoms. The van der Waals surface area contributed by atoms with E-state index in [-0.39, 0.29) is 16.8 Å². The highest BCUT2D eigenvalue weighted by Crippen LogP contribution is 2.22. The molecular weight excluding hydrogens is 407 g/mol. The van der Waals surface area contributed by atoms with Crippen LogP contribution in [0.25, 0.3) is 10.9 Å². The highest BCUT2D eigenvalue weighted by molar-refractivity contribution is 5.88. The Kier molecular flexibility index (Phi) is 6.50. The summed E-state index contributed by atoms with van der Waals surface area (Å²) < 4.78 is 15.3. The molecule has 170 valence electrons. The molecular formula is C24H31FN6O. The molecule has 1 atom stereocenters. The minimum atomic E-state index is -0.301. The van der Waals surface area contributed by atoms with Gasteiger partial charge in [0, 0.05) is 36.0 Å². The molecule has 0 saturated carbocycles. The summed E-state index contributed by atoms with van der Waals surface area (Å²) in [6.45, 7) is 9.29. The SMILES string of the molecule is CC(C)(C)c1ccc(=O)n(CCN2CCCCC2CNc2ncnc3ccc(F)cc23)n1. The van der Waals surface area contributed by atoms with E-state index in [4.69, 9.17) is 0 Å². The van der Waals surface area contributed by atoms with Gasteiger partial charge < -0.3 is 5.32 Å². The molecule has 7 nitrogen and oxygen atoms in total. The van der Waals surface area contributed by atoms with Crippen LogP contribution in [0.2, 0.25) is 0 Å². The third kappa shape index (κ3) is 5.12. The first kappa shape index (κ1) is 22.3. The van der Waals surface area contributed by atoms with Crippen LogP contribution in [0.1, 0.15) is 45.7 Å². The summed E-state index contributed by atoms with van der Waals surface area (Å²) in [6.07, 6.45) is 4.87. The second kappa shape index (κ2) is 9.32. The fourth-order valence-electron chi connectivity index (χ4n) is 4.20. The number of rotatable bonds is 6. The number of aromatic nitrogens is 4. The predicted octanol–water partition coefficient (Wildman–Crippen LogP) is 3.59. The number of anilines is 1. The molecule has 1 N–H and O–H groups in total. The van der Waals surface area contributed by atoms with Gasteiger partial charge in [0.15, 0.2) is 0 Å². The van der Waals surface area contributed by atoms with Crippen molar-refractivity contribution in [3.63, 3.8) is 0 Å². The summed E-state index contributed by atoms with van der Waals surface area (Å²) in [6, 6.07) is 8.29. The molecule has 1 unspecified atom stereocenters. The maximum absolute atomic E-state index is 13.7. The van der Waals surface area contributed by atoms with Gasteiger partial charge in [-0.1, -0.05) is 27.2 Å². The van der Waals surface area contributed by atoms with Crippen LogP contribution in [-0.4, -0.2) is 50.3 Å². The molecule has 0 radical (unpaired) electrons. The largest absolute Gasteiger partial charge is 0.368 e. The van der Waals surface area contributed by atoms with Gasteiger partial charge in [-0.3, -0.25) is 9.69 Å². The summed E-state index contributed by atoms with van der Waals surface area (Å²) >= 11 is 0. The Bertz CT molecular complexity index is 1140. The molecule has 4 rings (SSSR count). The van der Waals surface area contributed by atoms with Crippen molar-refractivity contribution in [3.8, 4) is 0 Å². The molecule has 1 aliphatic rings. The fourth-order valence-corrected chi connectivity index (χ4v) is 4.20. The third-order valence-corrected chi connectivity index (χ3v) is 6.09. The third-order valence-electron chi connectivity index (χ3n) is 6.09. The summed E-state index contributed by atoms with van der Waals surface area (Å²) in [5, 5.41) is 8.69. The number of fused-ring (bicyclic) bond motifs is 1. The van der Waals surface area contributed by atoms with Crippen LogP contribution in [0, 0.1) is 5.82 Å². The molecule has 0 spiro atoms. The average Bonchev–Trinajstić information content (AvgIpc) is 2.77. The van der Waals surface area contributed by atoms with E-state index in [1.165, 1.54) is 24.9 Å². The van der Waals surface area contributed by atoms with Gasteiger partial charge in [-0.25, -0.2) is 19.0 Å². The maximum Gasteiger partial charge on any atom is 0.266 e. The van der Waals surface area contributed by atoms with Crippen molar-refractivity contribution < 1.29 is 4.39 Å². The van der Waals surface area contributed by atoms with Gasteiger partial charge in [0.25, 0.3) is 5.56 Å². The lowest BCUT2D eigenvalue weighted by Gasteiger charge is -2.36. The van der Waals surface area contributed by atoms with Crippen LogP contribution in [0.4, 0.5) is 10.2 Å². The number of nitrogens with zero attached hydrogens (tertiary/aromatic N) is 5. The van der Waals surface area contributed by atoms with Crippen molar-refractivity contribution >= 4 is 16.7 Å². The Balaban J connectivity index is 1.44. The van der Waals surface area contributed by atoms with E-state index in [0.717, 1.165) is 31.6 Å². The van der Waals surface area contributed by atoms with Crippen LogP contribution < -0.4 is 10.9 Å². The highest BCUT2D eigenvalue weighted by Gasteiger charge is 2.23. The fraction of sp³-hybridized carbons (Fsp3) is 0.500. The van der Waals surface area contributed by atoms with Gasteiger partial charge in [0.1, 0.15) is 18.0 Å². The molecule has 3 aromatic rings. The maximum atomic E-state index is 13.7. The molecule has 1 fully saturated rings. The smallest absolute Gasteiger partial charge is 0.266 e. The second-order valence-electron chi connectivity index (χ2n) is 9.48. The van der Waals surface area contributed by atoms with E-state index in [1.54, 1.807) is 16.8 Å². The van der Waals surface area contributed by atoms with E-state index < -0.39 is 0 Å². The van der Waals surface area contributed by atoms with Crippen LogP contribution in [0.5, 0.6) is 0 Å². The zero-order valence-corrected chi connectivity index (χ0v) is 19.0. The lowest BCUT2D eigenvalue weighted by molar-refractivity contribution is 0.147. The molecule has 0 aliphatic carbocycles. The number of nitrogens with one attached hydrogen (secondary N) is 1. The molecule has 0 amide bonds. The molecule has 3 heterocycles. The Hall–Kier alpha value is -2.87. The monoisotopic (exact) mass is 438 g/mol. The molecule has 1 saturated heterocycles. The van der Waals surface area contributed by atoms with Gasteiger partial charge in [-0.05, 0) is 43.7 Å². The van der Waals surface area contributed by atoms with Crippen LogP contribution in [0.15, 0.2) is 41.5 Å². The van der Waals surface area contributed by atoms with E-state index >= 15 is 0 Å². The first-order valence-corrected chi connectivity index (χ1v) is 11.3. The molecule has 2 aromatic heterocycles. The van der Waals surface area contributed by atoms with Crippen molar-refractivity contribution in [2.24, 2.45) is 0 Å². The quantitative estimate of drug-likeness (QED) is 0.634. The number of hydrogen-bond donors (Lipinski definition) is 1. The van der Waals surface area contributed by atoms with Crippen LogP contribution in [0.3, 0.4) is 0 Å². The van der Waals surface area contributed by atoms with E-state index in [9.17, 15) is 9.18 Å². The number of halogens is 1. The predicted molar refractivity (Wildman–Crippen MR) is 124 cm³/mol. The number of piperidine rings is 1. The van der Waals surface area contributed by atoms with E-state index in [1.807, 2.05) is 6.07 Å². The Labute approximate surface area is 187 Å². The van der Waals surface area contributed by atoms with E-state index in [0.29, 0.717) is 35.9 Å². The lowest BCUT2D eigenvalue weighted by Crippen LogP contribution is -2.45. The number of likely N-dealkylation sites (tertiary alicyclic amines) is 1. The first-order valence-electron chi connectivity index (χ1n) is 11.3. The highest BCUT2D eigenvalue weighted by atomic mass is 19.1. The Morgan fingerprint density at radius 1 is 1.12 bits per heavy atom. The van der Waals surface area contributed by atoms with Crippen molar-refractivity contribution in [1.29, 1.82) is 0 Å². The first-order chi connectivity index (χ1) is 15.3. The topological polar surface area (TPSA) is 75.9 Å². The molecule has 1 aliphatic heterocycles. The lowest BCUT2D eigenvalue weighted by atomic mass is 9.92. The van der Waals surface area contributed by atoms with Gasteiger partial charge in [0.2, 0.25) is 0 Å². The summed E-state index contributed by atoms with van der Waals surface area (Å²) in [4.78, 5) is 23.3. The Morgan fingerprint density at radius 2 is 1.97 bits per heavy atom. The van der Waals surface area contributed by atoms with Crippen molar-refractivity contribution in [2.45, 2.75) is 58.0 Å². The van der Waals surface area contributed by atoms with Crippen molar-refractivity contribution in [3.05, 3.63) is 58.5 Å². The van der Waals surface area contributed by atoms with Gasteiger partial charge >= 0.3 is 0 Å². The Morgan fingerprint density at radius 3 is 2.78 bits per heavy atom. The van der Waals surface area contributed by atoms with Gasteiger partial charge in [0.05, 0.1) is 17.8 Å².